The van der Waals surface area contributed by atoms with Crippen LogP contribution in [0, 0.1) is 11.7 Å². The Labute approximate surface area is 100 Å². The van der Waals surface area contributed by atoms with Gasteiger partial charge in [-0.25, -0.2) is 4.39 Å². The summed E-state index contributed by atoms with van der Waals surface area (Å²) in [6.45, 7) is 2.17. The van der Waals surface area contributed by atoms with E-state index in [0.717, 1.165) is 12.0 Å². The predicted molar refractivity (Wildman–Crippen MR) is 63.9 cm³/mol. The van der Waals surface area contributed by atoms with Crippen LogP contribution in [0.15, 0.2) is 30.6 Å². The van der Waals surface area contributed by atoms with Crippen molar-refractivity contribution < 1.29 is 9.50 Å². The summed E-state index contributed by atoms with van der Waals surface area (Å²) >= 11 is 0. The molecule has 3 atom stereocenters. The molecule has 3 nitrogen and oxygen atoms in total. The van der Waals surface area contributed by atoms with Crippen LogP contribution in [-0.4, -0.2) is 22.7 Å². The van der Waals surface area contributed by atoms with E-state index in [1.54, 1.807) is 6.20 Å². The number of nitrogens with one attached hydrogen (secondary N) is 1. The van der Waals surface area contributed by atoms with Crippen molar-refractivity contribution in [3.05, 3.63) is 42.0 Å². The van der Waals surface area contributed by atoms with Gasteiger partial charge in [-0.15, -0.1) is 0 Å². The Hall–Kier alpha value is -1.26. The second kappa shape index (κ2) is 5.38. The smallest absolute Gasteiger partial charge is 0.141 e. The van der Waals surface area contributed by atoms with E-state index in [4.69, 9.17) is 5.11 Å². The zero-order valence-corrected chi connectivity index (χ0v) is 9.81. The standard InChI is InChI=1S/C13H17FN2O/c1-9(11-5-12(14)7-15-6-11)16-13-3-2-10(4-13)8-17/h2-3,5-7,9-10,13,16-17H,4,8H2,1H3/t9-,10-,13+/m0/s1. The lowest BCUT2D eigenvalue weighted by atomic mass is 10.1. The normalized spacial score (nSPS) is 25.1. The highest BCUT2D eigenvalue weighted by Crippen LogP contribution is 2.20. The minimum absolute atomic E-state index is 0.0466. The van der Waals surface area contributed by atoms with Crippen molar-refractivity contribution in [3.8, 4) is 0 Å². The quantitative estimate of drug-likeness (QED) is 0.784. The fraction of sp³-hybridized carbons (Fsp3) is 0.462. The van der Waals surface area contributed by atoms with Crippen LogP contribution in [0.2, 0.25) is 0 Å². The monoisotopic (exact) mass is 236 g/mol. The minimum Gasteiger partial charge on any atom is -0.396 e. The van der Waals surface area contributed by atoms with E-state index >= 15 is 0 Å². The van der Waals surface area contributed by atoms with Gasteiger partial charge in [0.15, 0.2) is 0 Å². The third-order valence-corrected chi connectivity index (χ3v) is 3.10. The molecular weight excluding hydrogens is 219 g/mol. The molecule has 0 amide bonds. The number of hydrogen-bond acceptors (Lipinski definition) is 3. The van der Waals surface area contributed by atoms with Gasteiger partial charge in [0.1, 0.15) is 5.82 Å². The first-order valence-corrected chi connectivity index (χ1v) is 5.84. The molecular formula is C13H17FN2O. The van der Waals surface area contributed by atoms with E-state index in [1.165, 1.54) is 12.3 Å². The van der Waals surface area contributed by atoms with Crippen LogP contribution in [0.4, 0.5) is 4.39 Å². The maximum absolute atomic E-state index is 13.0. The van der Waals surface area contributed by atoms with E-state index < -0.39 is 0 Å². The first-order chi connectivity index (χ1) is 8.19. The maximum Gasteiger partial charge on any atom is 0.141 e. The van der Waals surface area contributed by atoms with Crippen molar-refractivity contribution in [3.63, 3.8) is 0 Å². The Morgan fingerprint density at radius 1 is 1.53 bits per heavy atom. The zero-order valence-electron chi connectivity index (χ0n) is 9.81. The molecule has 17 heavy (non-hydrogen) atoms. The van der Waals surface area contributed by atoms with E-state index in [0.29, 0.717) is 0 Å². The molecule has 2 rings (SSSR count). The molecule has 0 saturated heterocycles. The highest BCUT2D eigenvalue weighted by atomic mass is 19.1. The van der Waals surface area contributed by atoms with E-state index in [1.807, 2.05) is 13.0 Å². The van der Waals surface area contributed by atoms with Gasteiger partial charge in [0, 0.05) is 30.8 Å². The number of halogens is 1. The molecule has 4 heteroatoms. The number of rotatable bonds is 4. The van der Waals surface area contributed by atoms with E-state index in [-0.39, 0.29) is 30.4 Å². The number of aromatic nitrogens is 1. The third-order valence-electron chi connectivity index (χ3n) is 3.10. The van der Waals surface area contributed by atoms with Gasteiger partial charge in [0.25, 0.3) is 0 Å². The Kier molecular flexibility index (Phi) is 3.86. The summed E-state index contributed by atoms with van der Waals surface area (Å²) in [5, 5.41) is 12.4. The molecule has 92 valence electrons. The lowest BCUT2D eigenvalue weighted by Gasteiger charge is -2.19. The second-order valence-corrected chi connectivity index (χ2v) is 4.49. The fourth-order valence-electron chi connectivity index (χ4n) is 2.12. The molecule has 1 heterocycles. The molecule has 0 aromatic carbocycles. The predicted octanol–water partition coefficient (Wildman–Crippen LogP) is 1.81. The van der Waals surface area contributed by atoms with Crippen LogP contribution in [0.1, 0.15) is 24.9 Å². The number of pyridine rings is 1. The van der Waals surface area contributed by atoms with Crippen LogP contribution in [0.3, 0.4) is 0 Å². The lowest BCUT2D eigenvalue weighted by Crippen LogP contribution is -2.29. The van der Waals surface area contributed by atoms with Gasteiger partial charge in [-0.2, -0.15) is 0 Å². The summed E-state index contributed by atoms with van der Waals surface area (Å²) in [7, 11) is 0. The highest BCUT2D eigenvalue weighted by Gasteiger charge is 2.20. The van der Waals surface area contributed by atoms with Crippen molar-refractivity contribution in [2.75, 3.05) is 6.61 Å². The van der Waals surface area contributed by atoms with Crippen molar-refractivity contribution in [1.29, 1.82) is 0 Å². The average molecular weight is 236 g/mol. The van der Waals surface area contributed by atoms with Gasteiger partial charge < -0.3 is 10.4 Å². The van der Waals surface area contributed by atoms with Gasteiger partial charge in [-0.05, 0) is 25.0 Å². The van der Waals surface area contributed by atoms with Crippen LogP contribution < -0.4 is 5.32 Å². The lowest BCUT2D eigenvalue weighted by molar-refractivity contribution is 0.245. The molecule has 0 bridgehead atoms. The number of aliphatic hydroxyl groups is 1. The number of hydrogen-bond donors (Lipinski definition) is 2. The van der Waals surface area contributed by atoms with Gasteiger partial charge in [-0.1, -0.05) is 12.2 Å². The summed E-state index contributed by atoms with van der Waals surface area (Å²) in [5.41, 5.74) is 0.839. The largest absolute Gasteiger partial charge is 0.396 e. The Balaban J connectivity index is 1.94. The molecule has 0 aliphatic heterocycles. The number of nitrogens with zero attached hydrogens (tertiary/aromatic N) is 1. The molecule has 1 aromatic rings. The first kappa shape index (κ1) is 12.2. The van der Waals surface area contributed by atoms with Gasteiger partial charge in [0.2, 0.25) is 0 Å². The van der Waals surface area contributed by atoms with Crippen molar-refractivity contribution in [1.82, 2.24) is 10.3 Å². The van der Waals surface area contributed by atoms with Crippen LogP contribution in [0.25, 0.3) is 0 Å². The van der Waals surface area contributed by atoms with Crippen LogP contribution in [-0.2, 0) is 0 Å². The molecule has 0 radical (unpaired) electrons. The molecule has 2 N–H and O–H groups in total. The SMILES string of the molecule is C[C@H](N[C@@H]1C=C[C@H](CO)C1)c1cncc(F)c1. The molecule has 0 spiro atoms. The Bertz CT molecular complexity index is 408. The highest BCUT2D eigenvalue weighted by molar-refractivity contribution is 5.16. The zero-order chi connectivity index (χ0) is 12.3. The topological polar surface area (TPSA) is 45.1 Å². The van der Waals surface area contributed by atoms with Gasteiger partial charge >= 0.3 is 0 Å². The molecule has 1 aliphatic carbocycles. The molecule has 0 unspecified atom stereocenters. The molecule has 0 fully saturated rings. The Morgan fingerprint density at radius 2 is 2.35 bits per heavy atom. The first-order valence-electron chi connectivity index (χ1n) is 5.84. The summed E-state index contributed by atoms with van der Waals surface area (Å²) in [5.74, 6) is -0.0725. The minimum atomic E-state index is -0.314. The summed E-state index contributed by atoms with van der Waals surface area (Å²) < 4.78 is 13.0. The van der Waals surface area contributed by atoms with Gasteiger partial charge in [0.05, 0.1) is 6.20 Å². The third kappa shape index (κ3) is 3.11. The van der Waals surface area contributed by atoms with Crippen molar-refractivity contribution >= 4 is 0 Å². The fourth-order valence-corrected chi connectivity index (χ4v) is 2.12. The summed E-state index contributed by atoms with van der Waals surface area (Å²) in [4.78, 5) is 3.84. The van der Waals surface area contributed by atoms with Gasteiger partial charge in [-0.3, -0.25) is 4.98 Å². The second-order valence-electron chi connectivity index (χ2n) is 4.49. The summed E-state index contributed by atoms with van der Waals surface area (Å²) in [6, 6.07) is 1.78. The number of aliphatic hydroxyl groups excluding tert-OH is 1. The van der Waals surface area contributed by atoms with Crippen LogP contribution >= 0.6 is 0 Å². The molecule has 0 saturated carbocycles. The van der Waals surface area contributed by atoms with Crippen molar-refractivity contribution in [2.24, 2.45) is 5.92 Å². The molecule has 1 aromatic heterocycles. The maximum atomic E-state index is 13.0. The average Bonchev–Trinajstić information content (AvgIpc) is 2.77. The molecule has 1 aliphatic rings. The Morgan fingerprint density at radius 3 is 3.00 bits per heavy atom. The van der Waals surface area contributed by atoms with E-state index in [9.17, 15) is 4.39 Å². The van der Waals surface area contributed by atoms with Crippen LogP contribution in [0.5, 0.6) is 0 Å². The van der Waals surface area contributed by atoms with E-state index in [2.05, 4.69) is 16.4 Å². The summed E-state index contributed by atoms with van der Waals surface area (Å²) in [6.07, 6.45) is 7.85. The van der Waals surface area contributed by atoms with Crippen molar-refractivity contribution in [2.45, 2.75) is 25.4 Å².